The molecule has 0 atom stereocenters. The molecule has 1 aromatic heterocycles. The highest BCUT2D eigenvalue weighted by Crippen LogP contribution is 2.20. The summed E-state index contributed by atoms with van der Waals surface area (Å²) in [6.45, 7) is 0.929. The van der Waals surface area contributed by atoms with Gasteiger partial charge in [0.15, 0.2) is 0 Å². The van der Waals surface area contributed by atoms with Crippen molar-refractivity contribution >= 4 is 16.6 Å². The quantitative estimate of drug-likeness (QED) is 0.757. The van der Waals surface area contributed by atoms with Gasteiger partial charge >= 0.3 is 0 Å². The van der Waals surface area contributed by atoms with Crippen LogP contribution in [-0.4, -0.2) is 11.5 Å². The molecule has 0 aliphatic carbocycles. The van der Waals surface area contributed by atoms with E-state index in [0.717, 1.165) is 24.2 Å². The molecule has 0 saturated heterocycles. The average Bonchev–Trinajstić information content (AvgIpc) is 2.49. The van der Waals surface area contributed by atoms with E-state index in [4.69, 9.17) is 0 Å². The number of benzene rings is 2. The molecule has 0 spiro atoms. The largest absolute Gasteiger partial charge is 0.384 e. The van der Waals surface area contributed by atoms with Gasteiger partial charge in [0.1, 0.15) is 0 Å². The Morgan fingerprint density at radius 1 is 0.842 bits per heavy atom. The van der Waals surface area contributed by atoms with Crippen LogP contribution in [0, 0.1) is 0 Å². The molecular formula is C17H16N2. The predicted octanol–water partition coefficient (Wildman–Crippen LogP) is 3.89. The van der Waals surface area contributed by atoms with Crippen molar-refractivity contribution in [2.24, 2.45) is 0 Å². The molecule has 2 aromatic carbocycles. The molecule has 94 valence electrons. The molecule has 2 heteroatoms. The SMILES string of the molecule is c1ccc(CCNc2ccnc3ccccc23)cc1. The number of aromatic nitrogens is 1. The van der Waals surface area contributed by atoms with E-state index in [2.05, 4.69) is 40.6 Å². The van der Waals surface area contributed by atoms with Gasteiger partial charge in [-0.2, -0.15) is 0 Å². The maximum atomic E-state index is 4.37. The smallest absolute Gasteiger partial charge is 0.0722 e. The van der Waals surface area contributed by atoms with Crippen molar-refractivity contribution in [2.45, 2.75) is 6.42 Å². The summed E-state index contributed by atoms with van der Waals surface area (Å²) in [5.74, 6) is 0. The van der Waals surface area contributed by atoms with Crippen LogP contribution in [0.3, 0.4) is 0 Å². The summed E-state index contributed by atoms with van der Waals surface area (Å²) < 4.78 is 0. The van der Waals surface area contributed by atoms with Crippen LogP contribution in [0.5, 0.6) is 0 Å². The lowest BCUT2D eigenvalue weighted by Crippen LogP contribution is -2.05. The molecule has 3 rings (SSSR count). The Morgan fingerprint density at radius 2 is 1.63 bits per heavy atom. The molecular weight excluding hydrogens is 232 g/mol. The summed E-state index contributed by atoms with van der Waals surface area (Å²) >= 11 is 0. The van der Waals surface area contributed by atoms with Gasteiger partial charge in [0.05, 0.1) is 5.52 Å². The minimum Gasteiger partial charge on any atom is -0.384 e. The maximum Gasteiger partial charge on any atom is 0.0722 e. The summed E-state index contributed by atoms with van der Waals surface area (Å²) in [6, 6.07) is 20.8. The fourth-order valence-corrected chi connectivity index (χ4v) is 2.24. The van der Waals surface area contributed by atoms with E-state index in [1.54, 1.807) is 0 Å². The molecule has 0 unspecified atom stereocenters. The lowest BCUT2D eigenvalue weighted by Gasteiger charge is -2.09. The van der Waals surface area contributed by atoms with Gasteiger partial charge in [-0.15, -0.1) is 0 Å². The van der Waals surface area contributed by atoms with E-state index < -0.39 is 0 Å². The van der Waals surface area contributed by atoms with Crippen molar-refractivity contribution in [3.63, 3.8) is 0 Å². The van der Waals surface area contributed by atoms with Gasteiger partial charge in [0, 0.05) is 23.8 Å². The van der Waals surface area contributed by atoms with Crippen LogP contribution >= 0.6 is 0 Å². The highest BCUT2D eigenvalue weighted by Gasteiger charge is 2.00. The van der Waals surface area contributed by atoms with Gasteiger partial charge in [0.25, 0.3) is 0 Å². The first-order valence-electron chi connectivity index (χ1n) is 6.55. The predicted molar refractivity (Wildman–Crippen MR) is 80.4 cm³/mol. The van der Waals surface area contributed by atoms with Gasteiger partial charge in [-0.05, 0) is 24.1 Å². The molecule has 1 N–H and O–H groups in total. The number of nitrogens with one attached hydrogen (secondary N) is 1. The molecule has 0 saturated carbocycles. The zero-order valence-electron chi connectivity index (χ0n) is 10.7. The standard InChI is InChI=1S/C17H16N2/c1-2-6-14(7-3-1)10-12-18-17-11-13-19-16-9-5-4-8-15(16)17/h1-9,11,13H,10,12H2,(H,18,19). The Labute approximate surface area is 113 Å². The molecule has 0 bridgehead atoms. The van der Waals surface area contributed by atoms with Crippen LogP contribution < -0.4 is 5.32 Å². The Balaban J connectivity index is 1.72. The number of pyridine rings is 1. The van der Waals surface area contributed by atoms with Crippen molar-refractivity contribution in [2.75, 3.05) is 11.9 Å². The Bertz CT molecular complexity index is 657. The molecule has 0 fully saturated rings. The lowest BCUT2D eigenvalue weighted by molar-refractivity contribution is 1.02. The number of rotatable bonds is 4. The fourth-order valence-electron chi connectivity index (χ4n) is 2.24. The zero-order valence-corrected chi connectivity index (χ0v) is 10.7. The van der Waals surface area contributed by atoms with Crippen LogP contribution in [0.15, 0.2) is 66.9 Å². The summed E-state index contributed by atoms with van der Waals surface area (Å²) in [7, 11) is 0. The molecule has 0 aliphatic heterocycles. The van der Waals surface area contributed by atoms with Crippen LogP contribution in [0.1, 0.15) is 5.56 Å². The second-order valence-corrected chi connectivity index (χ2v) is 4.54. The molecule has 2 nitrogen and oxygen atoms in total. The molecule has 0 radical (unpaired) electrons. The normalized spacial score (nSPS) is 10.5. The number of para-hydroxylation sites is 1. The first kappa shape index (κ1) is 11.7. The minimum absolute atomic E-state index is 0.929. The molecule has 3 aromatic rings. The van der Waals surface area contributed by atoms with Crippen molar-refractivity contribution in [3.05, 3.63) is 72.4 Å². The van der Waals surface area contributed by atoms with E-state index in [0.29, 0.717) is 0 Å². The molecule has 1 heterocycles. The number of anilines is 1. The maximum absolute atomic E-state index is 4.37. The molecule has 0 amide bonds. The third-order valence-corrected chi connectivity index (χ3v) is 3.22. The van der Waals surface area contributed by atoms with Crippen LogP contribution in [0.4, 0.5) is 5.69 Å². The van der Waals surface area contributed by atoms with Crippen molar-refractivity contribution in [1.29, 1.82) is 0 Å². The van der Waals surface area contributed by atoms with Gasteiger partial charge in [0.2, 0.25) is 0 Å². The van der Waals surface area contributed by atoms with Gasteiger partial charge < -0.3 is 5.32 Å². The highest BCUT2D eigenvalue weighted by molar-refractivity contribution is 5.90. The number of hydrogen-bond donors (Lipinski definition) is 1. The number of fused-ring (bicyclic) bond motifs is 1. The van der Waals surface area contributed by atoms with Crippen molar-refractivity contribution in [1.82, 2.24) is 4.98 Å². The molecule has 0 aliphatic rings. The van der Waals surface area contributed by atoms with E-state index in [9.17, 15) is 0 Å². The highest BCUT2D eigenvalue weighted by atomic mass is 14.9. The van der Waals surface area contributed by atoms with Crippen LogP contribution in [0.2, 0.25) is 0 Å². The Hall–Kier alpha value is -2.35. The van der Waals surface area contributed by atoms with Crippen LogP contribution in [0.25, 0.3) is 10.9 Å². The Kier molecular flexibility index (Phi) is 3.41. The number of nitrogens with zero attached hydrogens (tertiary/aromatic N) is 1. The summed E-state index contributed by atoms with van der Waals surface area (Å²) in [5.41, 5.74) is 3.54. The number of hydrogen-bond acceptors (Lipinski definition) is 2. The van der Waals surface area contributed by atoms with Gasteiger partial charge in [-0.1, -0.05) is 48.5 Å². The van der Waals surface area contributed by atoms with E-state index >= 15 is 0 Å². The second-order valence-electron chi connectivity index (χ2n) is 4.54. The summed E-state index contributed by atoms with van der Waals surface area (Å²) in [5, 5.41) is 4.67. The summed E-state index contributed by atoms with van der Waals surface area (Å²) in [4.78, 5) is 4.37. The zero-order chi connectivity index (χ0) is 12.9. The fraction of sp³-hybridized carbons (Fsp3) is 0.118. The van der Waals surface area contributed by atoms with E-state index in [1.807, 2.05) is 36.5 Å². The topological polar surface area (TPSA) is 24.9 Å². The third-order valence-electron chi connectivity index (χ3n) is 3.22. The Morgan fingerprint density at radius 3 is 2.53 bits per heavy atom. The first-order valence-corrected chi connectivity index (χ1v) is 6.55. The van der Waals surface area contributed by atoms with Crippen LogP contribution in [-0.2, 0) is 6.42 Å². The van der Waals surface area contributed by atoms with E-state index in [-0.39, 0.29) is 0 Å². The third kappa shape index (κ3) is 2.74. The minimum atomic E-state index is 0.929. The van der Waals surface area contributed by atoms with Crippen molar-refractivity contribution in [3.8, 4) is 0 Å². The molecule has 19 heavy (non-hydrogen) atoms. The first-order chi connectivity index (χ1) is 9.43. The van der Waals surface area contributed by atoms with E-state index in [1.165, 1.54) is 10.9 Å². The van der Waals surface area contributed by atoms with Gasteiger partial charge in [-0.3, -0.25) is 4.98 Å². The van der Waals surface area contributed by atoms with Crippen molar-refractivity contribution < 1.29 is 0 Å². The average molecular weight is 248 g/mol. The second kappa shape index (κ2) is 5.53. The monoisotopic (exact) mass is 248 g/mol. The summed E-state index contributed by atoms with van der Waals surface area (Å²) in [6.07, 6.45) is 2.88. The lowest BCUT2D eigenvalue weighted by atomic mass is 10.1. The van der Waals surface area contributed by atoms with Gasteiger partial charge in [-0.25, -0.2) is 0 Å².